The Morgan fingerprint density at radius 1 is 0.958 bits per heavy atom. The molecule has 0 aliphatic heterocycles. The van der Waals surface area contributed by atoms with Crippen LogP contribution in [-0.2, 0) is 14.3 Å². The molecule has 7 atom stereocenters. The molecule has 24 heavy (non-hydrogen) atoms. The lowest BCUT2D eigenvalue weighted by atomic mass is 9.70. The maximum atomic E-state index is 12.6. The number of rotatable bonds is 6. The van der Waals surface area contributed by atoms with Crippen LogP contribution in [0.1, 0.15) is 71.6 Å². The quantitative estimate of drug-likeness (QED) is 0.517. The Balaban J connectivity index is 1.34. The summed E-state index contributed by atoms with van der Waals surface area (Å²) in [5.74, 6) is 5.05. The fourth-order valence-electron chi connectivity index (χ4n) is 7.02. The van der Waals surface area contributed by atoms with Gasteiger partial charge in [0.1, 0.15) is 0 Å². The van der Waals surface area contributed by atoms with Crippen LogP contribution in [0.3, 0.4) is 0 Å². The van der Waals surface area contributed by atoms with Crippen LogP contribution in [0.2, 0.25) is 0 Å². The summed E-state index contributed by atoms with van der Waals surface area (Å²) in [4.78, 5) is 12.6. The normalized spacial score (nSPS) is 44.2. The Morgan fingerprint density at radius 3 is 2.38 bits per heavy atom. The van der Waals surface area contributed by atoms with Crippen molar-refractivity contribution in [3.05, 3.63) is 0 Å². The summed E-state index contributed by atoms with van der Waals surface area (Å²) in [7, 11) is 0. The van der Waals surface area contributed by atoms with Gasteiger partial charge < -0.3 is 9.47 Å². The van der Waals surface area contributed by atoms with Gasteiger partial charge in [-0.2, -0.15) is 0 Å². The smallest absolute Gasteiger partial charge is 0.311 e. The molecule has 3 nitrogen and oxygen atoms in total. The molecule has 136 valence electrons. The molecule has 4 saturated carbocycles. The van der Waals surface area contributed by atoms with Crippen molar-refractivity contribution >= 4 is 5.97 Å². The zero-order chi connectivity index (χ0) is 16.7. The molecule has 0 saturated heterocycles. The van der Waals surface area contributed by atoms with Gasteiger partial charge in [-0.05, 0) is 67.6 Å². The van der Waals surface area contributed by atoms with Gasteiger partial charge >= 0.3 is 5.97 Å². The van der Waals surface area contributed by atoms with E-state index in [0.29, 0.717) is 12.0 Å². The maximum absolute atomic E-state index is 12.6. The summed E-state index contributed by atoms with van der Waals surface area (Å²) in [6, 6.07) is 0. The molecule has 0 amide bonds. The lowest BCUT2D eigenvalue weighted by molar-refractivity contribution is -0.168. The zero-order valence-electron chi connectivity index (χ0n) is 15.4. The highest BCUT2D eigenvalue weighted by atomic mass is 16.7. The number of carbonyl (C=O) groups is 1. The highest BCUT2D eigenvalue weighted by molar-refractivity contribution is 5.73. The van der Waals surface area contributed by atoms with Gasteiger partial charge in [-0.3, -0.25) is 4.79 Å². The van der Waals surface area contributed by atoms with E-state index in [0.717, 1.165) is 48.9 Å². The molecule has 7 unspecified atom stereocenters. The van der Waals surface area contributed by atoms with Gasteiger partial charge in [0.05, 0.1) is 12.0 Å². The third-order valence-corrected chi connectivity index (χ3v) is 7.98. The number of esters is 1. The Kier molecular flexibility index (Phi) is 4.90. The Hall–Kier alpha value is -0.570. The molecule has 2 bridgehead atoms. The lowest BCUT2D eigenvalue weighted by Crippen LogP contribution is -2.35. The van der Waals surface area contributed by atoms with Gasteiger partial charge in [0, 0.05) is 0 Å². The number of ether oxygens (including phenoxy) is 2. The van der Waals surface area contributed by atoms with Crippen LogP contribution in [0.15, 0.2) is 0 Å². The van der Waals surface area contributed by atoms with Gasteiger partial charge in [0.15, 0.2) is 6.79 Å². The highest BCUT2D eigenvalue weighted by Gasteiger charge is 2.61. The fraction of sp³-hybridized carbons (Fsp3) is 0.952. The summed E-state index contributed by atoms with van der Waals surface area (Å²) < 4.78 is 11.3. The molecule has 0 N–H and O–H groups in total. The summed E-state index contributed by atoms with van der Waals surface area (Å²) in [6.07, 6.45) is 11.5. The number of carbonyl (C=O) groups excluding carboxylic acids is 1. The van der Waals surface area contributed by atoms with Crippen LogP contribution in [0.5, 0.6) is 0 Å². The third kappa shape index (κ3) is 2.81. The summed E-state index contributed by atoms with van der Waals surface area (Å²) in [5.41, 5.74) is 0. The molecule has 0 heterocycles. The van der Waals surface area contributed by atoms with Crippen molar-refractivity contribution in [3.63, 3.8) is 0 Å². The molecule has 4 rings (SSSR count). The van der Waals surface area contributed by atoms with Crippen molar-refractivity contribution in [3.8, 4) is 0 Å². The first kappa shape index (κ1) is 16.9. The predicted octanol–water partition coefficient (Wildman–Crippen LogP) is 4.79. The van der Waals surface area contributed by atoms with Crippen LogP contribution in [0.25, 0.3) is 0 Å². The molecule has 4 aliphatic rings. The molecule has 0 aromatic carbocycles. The first-order valence-corrected chi connectivity index (χ1v) is 10.5. The van der Waals surface area contributed by atoms with Gasteiger partial charge in [-0.1, -0.05) is 39.5 Å². The molecular weight excluding hydrogens is 300 g/mol. The second-order valence-electron chi connectivity index (χ2n) is 8.88. The molecule has 0 aromatic heterocycles. The van der Waals surface area contributed by atoms with E-state index in [2.05, 4.69) is 13.8 Å². The van der Waals surface area contributed by atoms with Crippen molar-refractivity contribution < 1.29 is 14.3 Å². The van der Waals surface area contributed by atoms with E-state index in [1.165, 1.54) is 38.5 Å². The van der Waals surface area contributed by atoms with Crippen LogP contribution in [0.4, 0.5) is 0 Å². The standard InChI is InChI=1S/C21H34O3/c1-3-13-9-14(4-2)20-17-10-15(19(13)20)11-18(17)21(22)24-12-23-16-7-5-6-8-16/h13-20H,3-12H2,1-2H3. The van der Waals surface area contributed by atoms with Crippen LogP contribution < -0.4 is 0 Å². The van der Waals surface area contributed by atoms with Crippen molar-refractivity contribution in [1.82, 2.24) is 0 Å². The monoisotopic (exact) mass is 334 g/mol. The van der Waals surface area contributed by atoms with E-state index in [4.69, 9.17) is 9.47 Å². The second kappa shape index (κ2) is 6.97. The first-order valence-electron chi connectivity index (χ1n) is 10.5. The largest absolute Gasteiger partial charge is 0.438 e. The van der Waals surface area contributed by atoms with E-state index in [1.807, 2.05) is 0 Å². The van der Waals surface area contributed by atoms with E-state index in [1.54, 1.807) is 0 Å². The number of hydrogen-bond acceptors (Lipinski definition) is 3. The number of fused-ring (bicyclic) bond motifs is 5. The summed E-state index contributed by atoms with van der Waals surface area (Å²) in [5, 5.41) is 0. The third-order valence-electron chi connectivity index (χ3n) is 7.98. The SMILES string of the molecule is CCC1CC(CC)C2C3CC(CC3C(=O)OCOC3CCCC3)C12. The Bertz CT molecular complexity index is 456. The van der Waals surface area contributed by atoms with Crippen molar-refractivity contribution in [1.29, 1.82) is 0 Å². The average molecular weight is 335 g/mol. The minimum atomic E-state index is 0.0359. The fourth-order valence-corrected chi connectivity index (χ4v) is 7.02. The van der Waals surface area contributed by atoms with Gasteiger partial charge in [-0.15, -0.1) is 0 Å². The maximum Gasteiger partial charge on any atom is 0.311 e. The predicted molar refractivity (Wildman–Crippen MR) is 93.2 cm³/mol. The van der Waals surface area contributed by atoms with Crippen molar-refractivity contribution in [2.24, 2.45) is 41.4 Å². The molecule has 4 fully saturated rings. The first-order chi connectivity index (χ1) is 11.7. The molecule has 0 radical (unpaired) electrons. The van der Waals surface area contributed by atoms with Gasteiger partial charge in [-0.25, -0.2) is 0 Å². The minimum Gasteiger partial charge on any atom is -0.438 e. The van der Waals surface area contributed by atoms with Crippen LogP contribution >= 0.6 is 0 Å². The lowest BCUT2D eigenvalue weighted by Gasteiger charge is -2.34. The average Bonchev–Trinajstić information content (AvgIpc) is 3.35. The Morgan fingerprint density at radius 2 is 1.67 bits per heavy atom. The van der Waals surface area contributed by atoms with E-state index in [-0.39, 0.29) is 18.7 Å². The number of hydrogen-bond donors (Lipinski definition) is 0. The van der Waals surface area contributed by atoms with Crippen LogP contribution in [-0.4, -0.2) is 18.9 Å². The molecule has 4 aliphatic carbocycles. The molecule has 0 aromatic rings. The highest BCUT2D eigenvalue weighted by Crippen LogP contribution is 2.65. The Labute approximate surface area is 146 Å². The minimum absolute atomic E-state index is 0.0359. The summed E-state index contributed by atoms with van der Waals surface area (Å²) in [6.45, 7) is 4.88. The van der Waals surface area contributed by atoms with Gasteiger partial charge in [0.2, 0.25) is 0 Å². The molecular formula is C21H34O3. The van der Waals surface area contributed by atoms with Crippen molar-refractivity contribution in [2.45, 2.75) is 77.7 Å². The second-order valence-corrected chi connectivity index (χ2v) is 8.88. The van der Waals surface area contributed by atoms with Crippen LogP contribution in [0, 0.1) is 41.4 Å². The molecule has 3 heteroatoms. The van der Waals surface area contributed by atoms with Crippen molar-refractivity contribution in [2.75, 3.05) is 6.79 Å². The topological polar surface area (TPSA) is 35.5 Å². The zero-order valence-corrected chi connectivity index (χ0v) is 15.4. The van der Waals surface area contributed by atoms with E-state index >= 15 is 0 Å². The van der Waals surface area contributed by atoms with Gasteiger partial charge in [0.25, 0.3) is 0 Å². The molecule has 0 spiro atoms. The summed E-state index contributed by atoms with van der Waals surface area (Å²) >= 11 is 0. The van der Waals surface area contributed by atoms with E-state index in [9.17, 15) is 4.79 Å². The van der Waals surface area contributed by atoms with E-state index < -0.39 is 0 Å².